The quantitative estimate of drug-likeness (QED) is 0.759. The number of nitrogens with zero attached hydrogens (tertiary/aromatic N) is 1. The third-order valence-corrected chi connectivity index (χ3v) is 5.47. The number of ether oxygens (including phenoxy) is 1. The first kappa shape index (κ1) is 17.5. The van der Waals surface area contributed by atoms with Crippen LogP contribution in [0, 0.1) is 5.41 Å². The number of carbonyl (C=O) groups excluding carboxylic acids is 1. The normalized spacial score (nSPS) is 24.5. The summed E-state index contributed by atoms with van der Waals surface area (Å²) in [5.74, 6) is 0. The fourth-order valence-electron chi connectivity index (χ4n) is 4.04. The standard InChI is InChI=1S/C17H32N2O3/c1-22-13-10-17(8-3-4-9-17)14-18-16(21)19-11-5-2-6-15(19)7-12-20/h15,20H,2-14H2,1H3,(H,18,21). The van der Waals surface area contributed by atoms with Crippen molar-refractivity contribution in [3.05, 3.63) is 0 Å². The summed E-state index contributed by atoms with van der Waals surface area (Å²) in [7, 11) is 1.74. The number of likely N-dealkylation sites (tertiary alicyclic amines) is 1. The van der Waals surface area contributed by atoms with E-state index >= 15 is 0 Å². The lowest BCUT2D eigenvalue weighted by Crippen LogP contribution is -2.51. The van der Waals surface area contributed by atoms with Crippen molar-refractivity contribution in [2.75, 3.05) is 33.4 Å². The summed E-state index contributed by atoms with van der Waals surface area (Å²) >= 11 is 0. The largest absolute Gasteiger partial charge is 0.396 e. The summed E-state index contributed by atoms with van der Waals surface area (Å²) in [5, 5.41) is 12.4. The Morgan fingerprint density at radius 1 is 1.32 bits per heavy atom. The van der Waals surface area contributed by atoms with E-state index in [1.54, 1.807) is 7.11 Å². The molecule has 2 N–H and O–H groups in total. The molecule has 0 aromatic carbocycles. The predicted octanol–water partition coefficient (Wildman–Crippen LogP) is 2.53. The van der Waals surface area contributed by atoms with E-state index in [-0.39, 0.29) is 24.1 Å². The highest BCUT2D eigenvalue weighted by molar-refractivity contribution is 5.74. The smallest absolute Gasteiger partial charge is 0.317 e. The van der Waals surface area contributed by atoms with Crippen LogP contribution in [0.2, 0.25) is 0 Å². The van der Waals surface area contributed by atoms with Crippen molar-refractivity contribution < 1.29 is 14.6 Å². The van der Waals surface area contributed by atoms with Crippen molar-refractivity contribution in [3.8, 4) is 0 Å². The van der Waals surface area contributed by atoms with E-state index < -0.39 is 0 Å². The fourth-order valence-corrected chi connectivity index (χ4v) is 4.04. The molecule has 2 amide bonds. The number of aliphatic hydroxyl groups excluding tert-OH is 1. The number of aliphatic hydroxyl groups is 1. The number of nitrogens with one attached hydrogen (secondary N) is 1. The van der Waals surface area contributed by atoms with Crippen molar-refractivity contribution in [1.29, 1.82) is 0 Å². The zero-order valence-corrected chi connectivity index (χ0v) is 14.0. The van der Waals surface area contributed by atoms with Crippen LogP contribution in [0.1, 0.15) is 57.8 Å². The van der Waals surface area contributed by atoms with Crippen LogP contribution in [0.15, 0.2) is 0 Å². The predicted molar refractivity (Wildman–Crippen MR) is 86.8 cm³/mol. The second-order valence-electron chi connectivity index (χ2n) is 6.96. The molecule has 1 atom stereocenters. The number of hydrogen-bond acceptors (Lipinski definition) is 3. The van der Waals surface area contributed by atoms with Gasteiger partial charge in [0, 0.05) is 39.5 Å². The minimum absolute atomic E-state index is 0.0573. The molecule has 5 nitrogen and oxygen atoms in total. The molecule has 22 heavy (non-hydrogen) atoms. The molecular formula is C17H32N2O3. The van der Waals surface area contributed by atoms with Crippen LogP contribution in [0.5, 0.6) is 0 Å². The summed E-state index contributed by atoms with van der Waals surface area (Å²) in [6, 6.07) is 0.263. The number of methoxy groups -OCH3 is 1. The molecule has 1 aliphatic carbocycles. The summed E-state index contributed by atoms with van der Waals surface area (Å²) in [5.41, 5.74) is 0.230. The number of urea groups is 1. The molecule has 1 aliphatic heterocycles. The zero-order valence-electron chi connectivity index (χ0n) is 14.0. The van der Waals surface area contributed by atoms with Crippen LogP contribution >= 0.6 is 0 Å². The van der Waals surface area contributed by atoms with E-state index in [0.717, 1.165) is 45.4 Å². The van der Waals surface area contributed by atoms with Gasteiger partial charge in [0.25, 0.3) is 0 Å². The maximum absolute atomic E-state index is 12.6. The average molecular weight is 312 g/mol. The van der Waals surface area contributed by atoms with Crippen LogP contribution in [0.3, 0.4) is 0 Å². The van der Waals surface area contributed by atoms with Gasteiger partial charge in [-0.3, -0.25) is 0 Å². The highest BCUT2D eigenvalue weighted by Crippen LogP contribution is 2.40. The molecule has 0 bridgehead atoms. The molecule has 0 aromatic rings. The van der Waals surface area contributed by atoms with Gasteiger partial charge in [-0.25, -0.2) is 4.79 Å². The van der Waals surface area contributed by atoms with Gasteiger partial charge >= 0.3 is 6.03 Å². The minimum atomic E-state index is 0.0573. The summed E-state index contributed by atoms with van der Waals surface area (Å²) in [4.78, 5) is 14.5. The number of rotatable bonds is 7. The molecule has 2 rings (SSSR count). The Kier molecular flexibility index (Phi) is 6.96. The average Bonchev–Trinajstić information content (AvgIpc) is 3.01. The maximum Gasteiger partial charge on any atom is 0.317 e. The second-order valence-corrected chi connectivity index (χ2v) is 6.96. The molecule has 1 unspecified atom stereocenters. The molecule has 1 saturated carbocycles. The van der Waals surface area contributed by atoms with Crippen molar-refractivity contribution in [2.24, 2.45) is 5.41 Å². The highest BCUT2D eigenvalue weighted by atomic mass is 16.5. The van der Waals surface area contributed by atoms with Crippen molar-refractivity contribution in [1.82, 2.24) is 10.2 Å². The second kappa shape index (κ2) is 8.73. The van der Waals surface area contributed by atoms with Crippen LogP contribution in [0.25, 0.3) is 0 Å². The van der Waals surface area contributed by atoms with Crippen molar-refractivity contribution in [2.45, 2.75) is 63.8 Å². The molecule has 1 saturated heterocycles. The molecule has 2 fully saturated rings. The third kappa shape index (κ3) is 4.59. The van der Waals surface area contributed by atoms with Crippen LogP contribution < -0.4 is 5.32 Å². The van der Waals surface area contributed by atoms with Crippen LogP contribution in [0.4, 0.5) is 4.79 Å². The monoisotopic (exact) mass is 312 g/mol. The van der Waals surface area contributed by atoms with E-state index in [4.69, 9.17) is 4.74 Å². The Hall–Kier alpha value is -0.810. The number of hydrogen-bond donors (Lipinski definition) is 2. The Balaban J connectivity index is 1.86. The lowest BCUT2D eigenvalue weighted by Gasteiger charge is -2.37. The highest BCUT2D eigenvalue weighted by Gasteiger charge is 2.35. The van der Waals surface area contributed by atoms with E-state index in [1.165, 1.54) is 25.7 Å². The van der Waals surface area contributed by atoms with Gasteiger partial charge in [0.1, 0.15) is 0 Å². The van der Waals surface area contributed by atoms with E-state index in [1.807, 2.05) is 4.90 Å². The summed E-state index contributed by atoms with van der Waals surface area (Å²) in [6.45, 7) is 2.51. The fraction of sp³-hybridized carbons (Fsp3) is 0.941. The molecule has 0 aromatic heterocycles. The first-order valence-corrected chi connectivity index (χ1v) is 8.85. The van der Waals surface area contributed by atoms with Gasteiger partial charge in [-0.15, -0.1) is 0 Å². The van der Waals surface area contributed by atoms with Gasteiger partial charge < -0.3 is 20.1 Å². The first-order valence-electron chi connectivity index (χ1n) is 8.85. The van der Waals surface area contributed by atoms with Crippen molar-refractivity contribution >= 4 is 6.03 Å². The Morgan fingerprint density at radius 3 is 2.77 bits per heavy atom. The molecule has 0 spiro atoms. The molecule has 128 valence electrons. The lowest BCUT2D eigenvalue weighted by atomic mass is 9.83. The molecule has 2 aliphatic rings. The SMILES string of the molecule is COCCC1(CNC(=O)N2CCCCC2CCO)CCCC1. The van der Waals surface area contributed by atoms with Gasteiger partial charge in [-0.2, -0.15) is 0 Å². The van der Waals surface area contributed by atoms with Gasteiger partial charge in [0.05, 0.1) is 0 Å². The Morgan fingerprint density at radius 2 is 2.09 bits per heavy atom. The van der Waals surface area contributed by atoms with Crippen molar-refractivity contribution in [3.63, 3.8) is 0 Å². The topological polar surface area (TPSA) is 61.8 Å². The Bertz CT molecular complexity index is 341. The van der Waals surface area contributed by atoms with Gasteiger partial charge in [-0.05, 0) is 50.4 Å². The molecular weight excluding hydrogens is 280 g/mol. The van der Waals surface area contributed by atoms with Gasteiger partial charge in [0.15, 0.2) is 0 Å². The molecule has 5 heteroatoms. The Labute approximate surface area is 134 Å². The minimum Gasteiger partial charge on any atom is -0.396 e. The maximum atomic E-state index is 12.6. The number of amides is 2. The van der Waals surface area contributed by atoms with Crippen LogP contribution in [-0.2, 0) is 4.74 Å². The van der Waals surface area contributed by atoms with E-state index in [0.29, 0.717) is 6.42 Å². The number of carbonyl (C=O) groups is 1. The summed E-state index contributed by atoms with van der Waals surface area (Å²) < 4.78 is 5.25. The third-order valence-electron chi connectivity index (χ3n) is 5.47. The molecule has 0 radical (unpaired) electrons. The molecule has 1 heterocycles. The van der Waals surface area contributed by atoms with E-state index in [2.05, 4.69) is 5.32 Å². The van der Waals surface area contributed by atoms with Gasteiger partial charge in [-0.1, -0.05) is 12.8 Å². The van der Waals surface area contributed by atoms with E-state index in [9.17, 15) is 9.90 Å². The zero-order chi connectivity index (χ0) is 15.8. The van der Waals surface area contributed by atoms with Gasteiger partial charge in [0.2, 0.25) is 0 Å². The number of piperidine rings is 1. The van der Waals surface area contributed by atoms with Crippen LogP contribution in [-0.4, -0.2) is 55.5 Å². The lowest BCUT2D eigenvalue weighted by molar-refractivity contribution is 0.117. The first-order chi connectivity index (χ1) is 10.7. The summed E-state index contributed by atoms with van der Waals surface area (Å²) in [6.07, 6.45) is 9.88.